The fourth-order valence-corrected chi connectivity index (χ4v) is 2.03. The van der Waals surface area contributed by atoms with E-state index in [0.717, 1.165) is 12.8 Å². The van der Waals surface area contributed by atoms with Gasteiger partial charge >= 0.3 is 0 Å². The van der Waals surface area contributed by atoms with Crippen LogP contribution < -0.4 is 0 Å². The highest BCUT2D eigenvalue weighted by atomic mass is 35.5. The molecule has 0 saturated carbocycles. The number of carbonyl (C=O) groups is 1. The minimum absolute atomic E-state index is 0.0732. The standard InChI is InChI=1S/C12H18ClN3O2/c1-3-9(4-2)16(5-6-17)12(18)10-7-14-8-11(13)15-10/h7-9,17H,3-6H2,1-2H3. The molecule has 5 nitrogen and oxygen atoms in total. The van der Waals surface area contributed by atoms with Crippen LogP contribution in [0, 0.1) is 0 Å². The maximum Gasteiger partial charge on any atom is 0.274 e. The van der Waals surface area contributed by atoms with Crippen molar-refractivity contribution in [1.82, 2.24) is 14.9 Å². The summed E-state index contributed by atoms with van der Waals surface area (Å²) in [5, 5.41) is 9.26. The Bertz CT molecular complexity index is 397. The number of aliphatic hydroxyl groups excluding tert-OH is 1. The maximum absolute atomic E-state index is 12.3. The number of hydrogen-bond donors (Lipinski definition) is 1. The molecule has 0 aliphatic rings. The maximum atomic E-state index is 12.3. The lowest BCUT2D eigenvalue weighted by Gasteiger charge is -2.29. The van der Waals surface area contributed by atoms with E-state index in [9.17, 15) is 4.79 Å². The number of aromatic nitrogens is 2. The SMILES string of the molecule is CCC(CC)N(CCO)C(=O)c1cncc(Cl)n1. The lowest BCUT2D eigenvalue weighted by Crippen LogP contribution is -2.42. The van der Waals surface area contributed by atoms with Gasteiger partial charge in [-0.05, 0) is 12.8 Å². The first-order chi connectivity index (χ1) is 8.63. The van der Waals surface area contributed by atoms with Crippen molar-refractivity contribution in [3.05, 3.63) is 23.2 Å². The van der Waals surface area contributed by atoms with Gasteiger partial charge in [0.25, 0.3) is 5.91 Å². The van der Waals surface area contributed by atoms with E-state index in [1.54, 1.807) is 4.90 Å². The molecular weight excluding hydrogens is 254 g/mol. The van der Waals surface area contributed by atoms with Crippen LogP contribution in [0.4, 0.5) is 0 Å². The summed E-state index contributed by atoms with van der Waals surface area (Å²) in [7, 11) is 0. The quantitative estimate of drug-likeness (QED) is 0.856. The Labute approximate surface area is 112 Å². The highest BCUT2D eigenvalue weighted by Crippen LogP contribution is 2.13. The molecule has 0 aliphatic carbocycles. The van der Waals surface area contributed by atoms with Crippen LogP contribution >= 0.6 is 11.6 Å². The van der Waals surface area contributed by atoms with Gasteiger partial charge in [-0.1, -0.05) is 25.4 Å². The van der Waals surface area contributed by atoms with Crippen LogP contribution in [0.5, 0.6) is 0 Å². The number of amides is 1. The van der Waals surface area contributed by atoms with E-state index in [2.05, 4.69) is 9.97 Å². The van der Waals surface area contributed by atoms with Gasteiger partial charge in [-0.25, -0.2) is 4.98 Å². The molecule has 1 N–H and O–H groups in total. The predicted octanol–water partition coefficient (Wildman–Crippen LogP) is 1.75. The molecule has 0 fully saturated rings. The van der Waals surface area contributed by atoms with Crippen molar-refractivity contribution in [1.29, 1.82) is 0 Å². The first-order valence-corrected chi connectivity index (χ1v) is 6.41. The second-order valence-electron chi connectivity index (χ2n) is 3.92. The van der Waals surface area contributed by atoms with Crippen molar-refractivity contribution >= 4 is 17.5 Å². The summed E-state index contributed by atoms with van der Waals surface area (Å²) in [5.41, 5.74) is 0.211. The summed E-state index contributed by atoms with van der Waals surface area (Å²) in [6, 6.07) is 0.0884. The lowest BCUT2D eigenvalue weighted by molar-refractivity contribution is 0.0616. The fourth-order valence-electron chi connectivity index (χ4n) is 1.88. The Hall–Kier alpha value is -1.20. The van der Waals surface area contributed by atoms with Crippen molar-refractivity contribution in [3.8, 4) is 0 Å². The topological polar surface area (TPSA) is 66.3 Å². The molecule has 18 heavy (non-hydrogen) atoms. The van der Waals surface area contributed by atoms with Gasteiger partial charge in [0.15, 0.2) is 0 Å². The van der Waals surface area contributed by atoms with Crippen LogP contribution in [-0.2, 0) is 0 Å². The molecule has 1 aromatic rings. The Morgan fingerprint density at radius 3 is 2.61 bits per heavy atom. The molecule has 0 unspecified atom stereocenters. The summed E-state index contributed by atoms with van der Waals surface area (Å²) >= 11 is 5.72. The molecular formula is C12H18ClN3O2. The van der Waals surface area contributed by atoms with Crippen LogP contribution in [0.3, 0.4) is 0 Å². The van der Waals surface area contributed by atoms with E-state index < -0.39 is 0 Å². The Kier molecular flexibility index (Phi) is 6.01. The molecule has 0 spiro atoms. The molecule has 0 saturated heterocycles. The second kappa shape index (κ2) is 7.28. The zero-order valence-corrected chi connectivity index (χ0v) is 11.4. The zero-order chi connectivity index (χ0) is 13.5. The minimum Gasteiger partial charge on any atom is -0.395 e. The van der Waals surface area contributed by atoms with Crippen LogP contribution in [0.1, 0.15) is 37.2 Å². The number of aliphatic hydroxyl groups is 1. The summed E-state index contributed by atoms with van der Waals surface area (Å²) in [4.78, 5) is 21.7. The molecule has 0 atom stereocenters. The smallest absolute Gasteiger partial charge is 0.274 e. The summed E-state index contributed by atoms with van der Waals surface area (Å²) < 4.78 is 0. The van der Waals surface area contributed by atoms with Crippen LogP contribution in [0.25, 0.3) is 0 Å². The average molecular weight is 272 g/mol. The van der Waals surface area contributed by atoms with Crippen molar-refractivity contribution < 1.29 is 9.90 Å². The number of rotatable bonds is 6. The normalized spacial score (nSPS) is 10.7. The van der Waals surface area contributed by atoms with Crippen molar-refractivity contribution in [2.45, 2.75) is 32.7 Å². The Morgan fingerprint density at radius 2 is 2.11 bits per heavy atom. The van der Waals surface area contributed by atoms with E-state index in [0.29, 0.717) is 6.54 Å². The van der Waals surface area contributed by atoms with Crippen LogP contribution in [-0.4, -0.2) is 45.1 Å². The molecule has 1 rings (SSSR count). The van der Waals surface area contributed by atoms with Gasteiger partial charge < -0.3 is 10.0 Å². The van der Waals surface area contributed by atoms with Gasteiger partial charge in [-0.3, -0.25) is 9.78 Å². The van der Waals surface area contributed by atoms with E-state index in [4.69, 9.17) is 16.7 Å². The first-order valence-electron chi connectivity index (χ1n) is 6.03. The molecule has 6 heteroatoms. The third-order valence-electron chi connectivity index (χ3n) is 2.81. The average Bonchev–Trinajstić information content (AvgIpc) is 2.38. The number of hydrogen-bond acceptors (Lipinski definition) is 4. The van der Waals surface area contributed by atoms with E-state index in [1.165, 1.54) is 12.4 Å². The van der Waals surface area contributed by atoms with E-state index >= 15 is 0 Å². The summed E-state index contributed by atoms with van der Waals surface area (Å²) in [6.45, 7) is 4.24. The summed E-state index contributed by atoms with van der Waals surface area (Å²) in [5.74, 6) is -0.243. The molecule has 1 amide bonds. The Morgan fingerprint density at radius 1 is 1.44 bits per heavy atom. The van der Waals surface area contributed by atoms with Gasteiger partial charge in [0.1, 0.15) is 10.8 Å². The molecule has 1 heterocycles. The van der Waals surface area contributed by atoms with Gasteiger partial charge in [-0.2, -0.15) is 0 Å². The highest BCUT2D eigenvalue weighted by molar-refractivity contribution is 6.29. The fraction of sp³-hybridized carbons (Fsp3) is 0.583. The van der Waals surface area contributed by atoms with Gasteiger partial charge in [0.2, 0.25) is 0 Å². The largest absolute Gasteiger partial charge is 0.395 e. The van der Waals surface area contributed by atoms with Crippen LogP contribution in [0.2, 0.25) is 5.15 Å². The molecule has 0 radical (unpaired) electrons. The van der Waals surface area contributed by atoms with Crippen LogP contribution in [0.15, 0.2) is 12.4 Å². The van der Waals surface area contributed by atoms with Crippen molar-refractivity contribution in [2.24, 2.45) is 0 Å². The van der Waals surface area contributed by atoms with Gasteiger partial charge in [0, 0.05) is 12.6 Å². The minimum atomic E-state index is -0.243. The third-order valence-corrected chi connectivity index (χ3v) is 2.99. The molecule has 100 valence electrons. The third kappa shape index (κ3) is 3.65. The molecule has 1 aromatic heterocycles. The Balaban J connectivity index is 2.95. The predicted molar refractivity (Wildman–Crippen MR) is 69.5 cm³/mol. The highest BCUT2D eigenvalue weighted by Gasteiger charge is 2.23. The zero-order valence-electron chi connectivity index (χ0n) is 10.6. The first kappa shape index (κ1) is 14.9. The number of nitrogens with zero attached hydrogens (tertiary/aromatic N) is 3. The van der Waals surface area contributed by atoms with Crippen molar-refractivity contribution in [3.63, 3.8) is 0 Å². The number of carbonyl (C=O) groups excluding carboxylic acids is 1. The molecule has 0 aliphatic heterocycles. The van der Waals surface area contributed by atoms with E-state index in [-0.39, 0.29) is 29.4 Å². The molecule has 0 aromatic carbocycles. The summed E-state index contributed by atoms with van der Waals surface area (Å²) in [6.07, 6.45) is 4.43. The van der Waals surface area contributed by atoms with Gasteiger partial charge in [-0.15, -0.1) is 0 Å². The monoisotopic (exact) mass is 271 g/mol. The van der Waals surface area contributed by atoms with Gasteiger partial charge in [0.05, 0.1) is 19.0 Å². The second-order valence-corrected chi connectivity index (χ2v) is 4.31. The van der Waals surface area contributed by atoms with E-state index in [1.807, 2.05) is 13.8 Å². The molecule has 0 bridgehead atoms. The lowest BCUT2D eigenvalue weighted by atomic mass is 10.1. The number of halogens is 1. The van der Waals surface area contributed by atoms with Crippen molar-refractivity contribution in [2.75, 3.05) is 13.2 Å².